The quantitative estimate of drug-likeness (QED) is 0.830. The zero-order valence-electron chi connectivity index (χ0n) is 14.1. The molecular weight excluding hydrogens is 356 g/mol. The van der Waals surface area contributed by atoms with E-state index in [0.29, 0.717) is 24.5 Å². The average Bonchev–Trinajstić information content (AvgIpc) is 2.62. The molecule has 138 valence electrons. The predicted octanol–water partition coefficient (Wildman–Crippen LogP) is 2.81. The van der Waals surface area contributed by atoms with Crippen molar-refractivity contribution >= 4 is 21.7 Å². The van der Waals surface area contributed by atoms with Gasteiger partial charge >= 0.3 is 5.97 Å². The van der Waals surface area contributed by atoms with E-state index in [-0.39, 0.29) is 16.2 Å². The number of hydrogen-bond donors (Lipinski definition) is 2. The van der Waals surface area contributed by atoms with Crippen molar-refractivity contribution in [2.45, 2.75) is 24.2 Å². The molecule has 8 heteroatoms. The Kier molecular flexibility index (Phi) is 5.15. The highest BCUT2D eigenvalue weighted by molar-refractivity contribution is 7.89. The Bertz CT molecular complexity index is 907. The molecule has 26 heavy (non-hydrogen) atoms. The number of nitrogens with zero attached hydrogens (tertiary/aromatic N) is 1. The number of benzene rings is 2. The molecule has 7 nitrogen and oxygen atoms in total. The topological polar surface area (TPSA) is 110 Å². The molecule has 3 N–H and O–H groups in total. The third-order valence-electron chi connectivity index (χ3n) is 4.25. The second kappa shape index (κ2) is 7.35. The second-order valence-electron chi connectivity index (χ2n) is 6.14. The number of primary sulfonamides is 1. The fourth-order valence-corrected chi connectivity index (χ4v) is 3.70. The summed E-state index contributed by atoms with van der Waals surface area (Å²) in [5.74, 6) is -0.719. The number of carboxylic acid groups (broad SMARTS) is 1. The minimum absolute atomic E-state index is 0.0607. The third-order valence-corrected chi connectivity index (χ3v) is 5.16. The van der Waals surface area contributed by atoms with Crippen LogP contribution in [0.25, 0.3) is 0 Å². The number of rotatable bonds is 5. The van der Waals surface area contributed by atoms with Gasteiger partial charge in [-0.3, -0.25) is 0 Å². The summed E-state index contributed by atoms with van der Waals surface area (Å²) in [6.45, 7) is 1.39. The monoisotopic (exact) mass is 376 g/mol. The molecule has 0 unspecified atom stereocenters. The highest BCUT2D eigenvalue weighted by Crippen LogP contribution is 2.40. The lowest BCUT2D eigenvalue weighted by Gasteiger charge is -2.31. The Balaban J connectivity index is 2.20. The van der Waals surface area contributed by atoms with Gasteiger partial charge in [0.05, 0.1) is 11.3 Å². The van der Waals surface area contributed by atoms with Gasteiger partial charge in [-0.05, 0) is 43.5 Å². The van der Waals surface area contributed by atoms with E-state index in [2.05, 4.69) is 0 Å². The summed E-state index contributed by atoms with van der Waals surface area (Å²) in [5, 5.41) is 14.7. The van der Waals surface area contributed by atoms with Crippen molar-refractivity contribution in [1.82, 2.24) is 0 Å². The van der Waals surface area contributed by atoms with Gasteiger partial charge in [0, 0.05) is 13.1 Å². The number of para-hydroxylation sites is 1. The lowest BCUT2D eigenvalue weighted by Crippen LogP contribution is -2.30. The van der Waals surface area contributed by atoms with E-state index < -0.39 is 16.0 Å². The van der Waals surface area contributed by atoms with Crippen LogP contribution < -0.4 is 14.8 Å². The fourth-order valence-electron chi connectivity index (χ4n) is 3.00. The smallest absolute Gasteiger partial charge is 0.335 e. The summed E-state index contributed by atoms with van der Waals surface area (Å²) in [4.78, 5) is 13.1. The van der Waals surface area contributed by atoms with Crippen LogP contribution in [-0.4, -0.2) is 32.6 Å². The van der Waals surface area contributed by atoms with Crippen molar-refractivity contribution in [2.75, 3.05) is 18.0 Å². The van der Waals surface area contributed by atoms with Crippen LogP contribution in [0.2, 0.25) is 0 Å². The Hall–Kier alpha value is -2.58. The van der Waals surface area contributed by atoms with E-state index in [1.165, 1.54) is 6.07 Å². The first kappa shape index (κ1) is 18.2. The van der Waals surface area contributed by atoms with Crippen molar-refractivity contribution in [3.05, 3.63) is 48.0 Å². The molecule has 0 saturated carbocycles. The lowest BCUT2D eigenvalue weighted by atomic mass is 10.1. The number of anilines is 1. The molecule has 0 amide bonds. The Morgan fingerprint density at radius 1 is 1.08 bits per heavy atom. The van der Waals surface area contributed by atoms with Gasteiger partial charge in [0.15, 0.2) is 5.75 Å². The van der Waals surface area contributed by atoms with Crippen LogP contribution in [0, 0.1) is 0 Å². The van der Waals surface area contributed by atoms with E-state index in [1.807, 2.05) is 11.0 Å². The molecule has 0 aromatic heterocycles. The lowest BCUT2D eigenvalue weighted by molar-refractivity contribution is 0.0696. The number of hydrogen-bond acceptors (Lipinski definition) is 5. The number of piperidine rings is 1. The van der Waals surface area contributed by atoms with E-state index >= 15 is 0 Å². The van der Waals surface area contributed by atoms with Gasteiger partial charge in [0.1, 0.15) is 10.6 Å². The van der Waals surface area contributed by atoms with Crippen molar-refractivity contribution in [2.24, 2.45) is 5.14 Å². The Labute approximate surface area is 152 Å². The molecule has 0 aliphatic carbocycles. The zero-order valence-corrected chi connectivity index (χ0v) is 14.9. The molecule has 0 bridgehead atoms. The standard InChI is InChI=1S/C18H20N2O5S/c19-26(23,24)16-12-13(18(21)22)11-15(20-9-5-2-6-10-20)17(16)25-14-7-3-1-4-8-14/h1,3-4,7-8,11-12H,2,5-6,9-10H2,(H,21,22)(H2,19,23,24). The van der Waals surface area contributed by atoms with Gasteiger partial charge in [-0.25, -0.2) is 18.4 Å². The zero-order chi connectivity index (χ0) is 18.7. The van der Waals surface area contributed by atoms with Crippen LogP contribution in [0.1, 0.15) is 29.6 Å². The molecule has 2 aromatic carbocycles. The molecule has 1 fully saturated rings. The molecular formula is C18H20N2O5S. The number of nitrogens with two attached hydrogens (primary N) is 1. The van der Waals surface area contributed by atoms with Crippen LogP contribution in [0.5, 0.6) is 11.5 Å². The van der Waals surface area contributed by atoms with Gasteiger partial charge in [-0.2, -0.15) is 0 Å². The van der Waals surface area contributed by atoms with Crippen molar-refractivity contribution in [1.29, 1.82) is 0 Å². The Morgan fingerprint density at radius 3 is 2.31 bits per heavy atom. The normalized spacial score (nSPS) is 14.9. The van der Waals surface area contributed by atoms with Crippen LogP contribution >= 0.6 is 0 Å². The van der Waals surface area contributed by atoms with Crippen molar-refractivity contribution in [3.63, 3.8) is 0 Å². The maximum Gasteiger partial charge on any atom is 0.335 e. The molecule has 3 rings (SSSR count). The van der Waals surface area contributed by atoms with Gasteiger partial charge in [-0.1, -0.05) is 18.2 Å². The molecule has 0 radical (unpaired) electrons. The summed E-state index contributed by atoms with van der Waals surface area (Å²) in [6.07, 6.45) is 2.95. The van der Waals surface area contributed by atoms with Crippen LogP contribution in [-0.2, 0) is 10.0 Å². The first-order chi connectivity index (χ1) is 12.4. The minimum atomic E-state index is -4.19. The van der Waals surface area contributed by atoms with Gasteiger partial charge < -0.3 is 14.7 Å². The van der Waals surface area contributed by atoms with Gasteiger partial charge in [0.2, 0.25) is 10.0 Å². The van der Waals surface area contributed by atoms with Crippen LogP contribution in [0.3, 0.4) is 0 Å². The summed E-state index contributed by atoms with van der Waals surface area (Å²) in [7, 11) is -4.19. The molecule has 1 aliphatic rings. The number of aromatic carboxylic acids is 1. The second-order valence-corrected chi connectivity index (χ2v) is 7.67. The summed E-state index contributed by atoms with van der Waals surface area (Å²) >= 11 is 0. The molecule has 0 spiro atoms. The van der Waals surface area contributed by atoms with Gasteiger partial charge in [0.25, 0.3) is 0 Å². The SMILES string of the molecule is NS(=O)(=O)c1cc(C(=O)O)cc(N2CCCCC2)c1Oc1ccccc1. The fraction of sp³-hybridized carbons (Fsp3) is 0.278. The number of ether oxygens (including phenoxy) is 1. The average molecular weight is 376 g/mol. The largest absolute Gasteiger partial charge is 0.478 e. The van der Waals surface area contributed by atoms with Crippen LogP contribution in [0.4, 0.5) is 5.69 Å². The number of carbonyl (C=O) groups is 1. The maximum atomic E-state index is 12.1. The van der Waals surface area contributed by atoms with E-state index in [9.17, 15) is 18.3 Å². The Morgan fingerprint density at radius 2 is 1.73 bits per heavy atom. The number of carboxylic acids is 1. The molecule has 1 saturated heterocycles. The summed E-state index contributed by atoms with van der Waals surface area (Å²) in [5.41, 5.74) is 0.285. The highest BCUT2D eigenvalue weighted by atomic mass is 32.2. The molecule has 2 aromatic rings. The van der Waals surface area contributed by atoms with Crippen molar-refractivity contribution < 1.29 is 23.1 Å². The first-order valence-corrected chi connectivity index (χ1v) is 9.83. The minimum Gasteiger partial charge on any atom is -0.478 e. The molecule has 0 atom stereocenters. The highest BCUT2D eigenvalue weighted by Gasteiger charge is 2.26. The summed E-state index contributed by atoms with van der Waals surface area (Å²) in [6, 6.07) is 11.2. The van der Waals surface area contributed by atoms with Gasteiger partial charge in [-0.15, -0.1) is 0 Å². The molecule has 1 aliphatic heterocycles. The predicted molar refractivity (Wildman–Crippen MR) is 97.4 cm³/mol. The van der Waals surface area contributed by atoms with E-state index in [4.69, 9.17) is 9.88 Å². The number of sulfonamides is 1. The van der Waals surface area contributed by atoms with E-state index in [1.54, 1.807) is 24.3 Å². The maximum absolute atomic E-state index is 12.1. The van der Waals surface area contributed by atoms with Crippen molar-refractivity contribution in [3.8, 4) is 11.5 Å². The first-order valence-electron chi connectivity index (χ1n) is 8.28. The third kappa shape index (κ3) is 3.97. The van der Waals surface area contributed by atoms with E-state index in [0.717, 1.165) is 25.3 Å². The summed E-state index contributed by atoms with van der Waals surface area (Å²) < 4.78 is 30.1. The van der Waals surface area contributed by atoms with Crippen LogP contribution in [0.15, 0.2) is 47.4 Å². The molecule has 1 heterocycles.